The molecule has 0 spiro atoms. The van der Waals surface area contributed by atoms with Crippen LogP contribution in [0.15, 0.2) is 60.7 Å². The molecule has 0 amide bonds. The van der Waals surface area contributed by atoms with Crippen LogP contribution in [0.3, 0.4) is 0 Å². The average Bonchev–Trinajstić information content (AvgIpc) is 2.75. The van der Waals surface area contributed by atoms with Crippen LogP contribution < -0.4 is 0 Å². The Kier molecular flexibility index (Phi) is 6.35. The van der Waals surface area contributed by atoms with Crippen molar-refractivity contribution in [2.75, 3.05) is 40.3 Å². The average molecular weight is 394 g/mol. The third kappa shape index (κ3) is 4.26. The number of hydrogen-bond donors (Lipinski definition) is 1. The molecule has 29 heavy (non-hydrogen) atoms. The van der Waals surface area contributed by atoms with E-state index in [9.17, 15) is 5.11 Å². The van der Waals surface area contributed by atoms with Crippen LogP contribution in [0.1, 0.15) is 30.4 Å². The zero-order chi connectivity index (χ0) is 20.3. The lowest BCUT2D eigenvalue weighted by atomic mass is 9.77. The van der Waals surface area contributed by atoms with Crippen molar-refractivity contribution in [1.82, 2.24) is 14.7 Å². The largest absolute Gasteiger partial charge is 0.389 e. The van der Waals surface area contributed by atoms with Gasteiger partial charge < -0.3 is 5.11 Å². The van der Waals surface area contributed by atoms with Crippen molar-refractivity contribution in [2.45, 2.75) is 43.5 Å². The van der Waals surface area contributed by atoms with E-state index in [-0.39, 0.29) is 11.6 Å². The van der Waals surface area contributed by atoms with Crippen LogP contribution in [0, 0.1) is 0 Å². The van der Waals surface area contributed by atoms with E-state index >= 15 is 0 Å². The lowest BCUT2D eigenvalue weighted by Gasteiger charge is -2.52. The van der Waals surface area contributed by atoms with Gasteiger partial charge in [0.05, 0.1) is 11.6 Å². The summed E-state index contributed by atoms with van der Waals surface area (Å²) < 4.78 is 0. The molecule has 4 nitrogen and oxygen atoms in total. The fraction of sp³-hybridized carbons (Fsp3) is 0.520. The SMILES string of the molecule is CN(C)[C@]1(c2ccccc2)CCN(C2CCN(Cc3ccccc3)CC2)C[C@H]1O. The molecular weight excluding hydrogens is 358 g/mol. The van der Waals surface area contributed by atoms with Crippen LogP contribution in [0.25, 0.3) is 0 Å². The Morgan fingerprint density at radius 2 is 1.55 bits per heavy atom. The summed E-state index contributed by atoms with van der Waals surface area (Å²) in [5.41, 5.74) is 2.35. The summed E-state index contributed by atoms with van der Waals surface area (Å²) in [5, 5.41) is 11.3. The minimum Gasteiger partial charge on any atom is -0.389 e. The molecule has 2 aromatic carbocycles. The Labute approximate surface area is 175 Å². The van der Waals surface area contributed by atoms with Crippen molar-refractivity contribution in [3.05, 3.63) is 71.8 Å². The second kappa shape index (κ2) is 8.97. The number of rotatable bonds is 5. The summed E-state index contributed by atoms with van der Waals surface area (Å²) in [6.45, 7) is 5.14. The van der Waals surface area contributed by atoms with Gasteiger partial charge in [-0.2, -0.15) is 0 Å². The molecular formula is C25H35N3O. The molecule has 2 heterocycles. The van der Waals surface area contributed by atoms with Gasteiger partial charge in [0.15, 0.2) is 0 Å². The minimum atomic E-state index is -0.379. The summed E-state index contributed by atoms with van der Waals surface area (Å²) in [7, 11) is 4.21. The molecule has 0 aromatic heterocycles. The van der Waals surface area contributed by atoms with E-state index < -0.39 is 0 Å². The molecule has 2 aliphatic heterocycles. The van der Waals surface area contributed by atoms with Crippen molar-refractivity contribution in [3.8, 4) is 0 Å². The second-order valence-corrected chi connectivity index (χ2v) is 8.94. The van der Waals surface area contributed by atoms with Crippen molar-refractivity contribution < 1.29 is 5.11 Å². The van der Waals surface area contributed by atoms with Crippen molar-refractivity contribution in [3.63, 3.8) is 0 Å². The molecule has 156 valence electrons. The van der Waals surface area contributed by atoms with E-state index in [2.05, 4.69) is 89.5 Å². The normalized spacial score (nSPS) is 27.4. The lowest BCUT2D eigenvalue weighted by molar-refractivity contribution is -0.0829. The van der Waals surface area contributed by atoms with Crippen LogP contribution in [-0.2, 0) is 12.1 Å². The monoisotopic (exact) mass is 393 g/mol. The van der Waals surface area contributed by atoms with Crippen LogP contribution in [0.5, 0.6) is 0 Å². The first-order valence-corrected chi connectivity index (χ1v) is 11.0. The quantitative estimate of drug-likeness (QED) is 0.845. The van der Waals surface area contributed by atoms with Crippen molar-refractivity contribution >= 4 is 0 Å². The van der Waals surface area contributed by atoms with Crippen molar-refractivity contribution in [2.24, 2.45) is 0 Å². The van der Waals surface area contributed by atoms with Gasteiger partial charge in [-0.1, -0.05) is 60.7 Å². The number of likely N-dealkylation sites (N-methyl/N-ethyl adjacent to an activating group) is 1. The molecule has 2 fully saturated rings. The van der Waals surface area contributed by atoms with E-state index in [0.717, 1.165) is 39.1 Å². The topological polar surface area (TPSA) is 30.0 Å². The second-order valence-electron chi connectivity index (χ2n) is 8.94. The summed E-state index contributed by atoms with van der Waals surface area (Å²) in [6, 6.07) is 21.9. The molecule has 0 unspecified atom stereocenters. The number of aliphatic hydroxyl groups is 1. The third-order valence-electron chi connectivity index (χ3n) is 7.13. The summed E-state index contributed by atoms with van der Waals surface area (Å²) in [6.07, 6.45) is 2.98. The molecule has 4 heteroatoms. The Morgan fingerprint density at radius 3 is 2.14 bits per heavy atom. The number of hydrogen-bond acceptors (Lipinski definition) is 4. The summed E-state index contributed by atoms with van der Waals surface area (Å²) in [4.78, 5) is 7.35. The molecule has 2 aliphatic rings. The smallest absolute Gasteiger partial charge is 0.0892 e. The predicted molar refractivity (Wildman–Crippen MR) is 119 cm³/mol. The van der Waals surface area contributed by atoms with Gasteiger partial charge >= 0.3 is 0 Å². The first-order valence-electron chi connectivity index (χ1n) is 11.0. The Hall–Kier alpha value is -1.72. The highest BCUT2D eigenvalue weighted by Crippen LogP contribution is 2.38. The van der Waals surface area contributed by atoms with E-state index in [4.69, 9.17) is 0 Å². The fourth-order valence-electron chi connectivity index (χ4n) is 5.40. The van der Waals surface area contributed by atoms with E-state index in [1.807, 2.05) is 0 Å². The number of β-amino-alcohol motifs (C(OH)–C–C–N with tert-alkyl or cyclic N) is 1. The highest BCUT2D eigenvalue weighted by atomic mass is 16.3. The van der Waals surface area contributed by atoms with Gasteiger partial charge in [0.1, 0.15) is 0 Å². The van der Waals surface area contributed by atoms with Gasteiger partial charge in [-0.25, -0.2) is 0 Å². The van der Waals surface area contributed by atoms with Gasteiger partial charge in [-0.3, -0.25) is 14.7 Å². The van der Waals surface area contributed by atoms with Gasteiger partial charge in [-0.15, -0.1) is 0 Å². The maximum Gasteiger partial charge on any atom is 0.0892 e. The highest BCUT2D eigenvalue weighted by Gasteiger charge is 2.46. The Balaban J connectivity index is 1.37. The summed E-state index contributed by atoms with van der Waals surface area (Å²) in [5.74, 6) is 0. The standard InChI is InChI=1S/C25H35N3O/c1-26(2)25(22-11-7-4-8-12-22)15-18-28(20-24(25)29)23-13-16-27(17-14-23)19-21-9-5-3-6-10-21/h3-12,23-24,29H,13-20H2,1-2H3/t24-,25+/m1/s1. The first kappa shape index (κ1) is 20.5. The molecule has 0 saturated carbocycles. The van der Waals surface area contributed by atoms with E-state index in [0.29, 0.717) is 6.04 Å². The molecule has 2 atom stereocenters. The first-order chi connectivity index (χ1) is 14.1. The van der Waals surface area contributed by atoms with Crippen LogP contribution in [0.2, 0.25) is 0 Å². The van der Waals surface area contributed by atoms with E-state index in [1.165, 1.54) is 24.0 Å². The zero-order valence-electron chi connectivity index (χ0n) is 17.9. The number of likely N-dealkylation sites (tertiary alicyclic amines) is 2. The molecule has 4 rings (SSSR count). The maximum atomic E-state index is 11.3. The number of nitrogens with zero attached hydrogens (tertiary/aromatic N) is 3. The van der Waals surface area contributed by atoms with Crippen LogP contribution in [-0.4, -0.2) is 72.2 Å². The van der Waals surface area contributed by atoms with Crippen molar-refractivity contribution in [1.29, 1.82) is 0 Å². The molecule has 0 bridgehead atoms. The molecule has 2 aromatic rings. The van der Waals surface area contributed by atoms with Gasteiger partial charge in [0.2, 0.25) is 0 Å². The summed E-state index contributed by atoms with van der Waals surface area (Å²) >= 11 is 0. The Bertz CT molecular complexity index is 758. The van der Waals surface area contributed by atoms with Gasteiger partial charge in [0, 0.05) is 25.7 Å². The number of aliphatic hydroxyl groups excluding tert-OH is 1. The Morgan fingerprint density at radius 1 is 0.931 bits per heavy atom. The maximum absolute atomic E-state index is 11.3. The number of benzene rings is 2. The van der Waals surface area contributed by atoms with E-state index in [1.54, 1.807) is 0 Å². The lowest BCUT2D eigenvalue weighted by Crippen LogP contribution is -2.62. The third-order valence-corrected chi connectivity index (χ3v) is 7.13. The minimum absolute atomic E-state index is 0.286. The zero-order valence-corrected chi connectivity index (χ0v) is 17.9. The molecule has 1 N–H and O–H groups in total. The highest BCUT2D eigenvalue weighted by molar-refractivity contribution is 5.27. The van der Waals surface area contributed by atoms with Gasteiger partial charge in [-0.05, 0) is 57.6 Å². The van der Waals surface area contributed by atoms with Crippen LogP contribution >= 0.6 is 0 Å². The molecule has 2 saturated heterocycles. The fourth-order valence-corrected chi connectivity index (χ4v) is 5.40. The molecule has 0 radical (unpaired) electrons. The van der Waals surface area contributed by atoms with Crippen LogP contribution in [0.4, 0.5) is 0 Å². The predicted octanol–water partition coefficient (Wildman–Crippen LogP) is 3.17. The molecule has 0 aliphatic carbocycles. The number of piperidine rings is 2. The van der Waals surface area contributed by atoms with Gasteiger partial charge in [0.25, 0.3) is 0 Å².